The van der Waals surface area contributed by atoms with Crippen LogP contribution in [0.4, 0.5) is 0 Å². The van der Waals surface area contributed by atoms with E-state index in [2.05, 4.69) is 4.90 Å². The number of hydrogen-bond donors (Lipinski definition) is 2. The lowest BCUT2D eigenvalue weighted by atomic mass is 10.1. The van der Waals surface area contributed by atoms with Crippen molar-refractivity contribution in [3.8, 4) is 5.75 Å². The fraction of sp³-hybridized carbons (Fsp3) is 0.625. The molecule has 1 atom stereocenters. The Balaban J connectivity index is 1.71. The van der Waals surface area contributed by atoms with E-state index in [4.69, 9.17) is 15.2 Å². The first kappa shape index (κ1) is 16.2. The zero-order chi connectivity index (χ0) is 15.1. The van der Waals surface area contributed by atoms with Gasteiger partial charge in [-0.1, -0.05) is 12.1 Å². The molecular weight excluding hydrogens is 268 g/mol. The largest absolute Gasteiger partial charge is 0.491 e. The highest BCUT2D eigenvalue weighted by atomic mass is 16.5. The van der Waals surface area contributed by atoms with Gasteiger partial charge in [0.05, 0.1) is 6.10 Å². The van der Waals surface area contributed by atoms with Crippen molar-refractivity contribution in [2.75, 3.05) is 33.4 Å². The van der Waals surface area contributed by atoms with Crippen molar-refractivity contribution in [3.63, 3.8) is 0 Å². The van der Waals surface area contributed by atoms with Crippen LogP contribution < -0.4 is 10.5 Å². The standard InChI is InChI=1S/C16H26N2O3/c1-20-15-5-7-18(8-6-15)11-14(19)12-21-16-4-2-3-13(9-16)10-17/h2-4,9,14-15,19H,5-8,10-12,17H2,1H3. The van der Waals surface area contributed by atoms with Crippen LogP contribution >= 0.6 is 0 Å². The first-order valence-corrected chi connectivity index (χ1v) is 7.56. The van der Waals surface area contributed by atoms with E-state index >= 15 is 0 Å². The summed E-state index contributed by atoms with van der Waals surface area (Å²) in [6, 6.07) is 7.68. The second-order valence-electron chi connectivity index (χ2n) is 5.55. The minimum absolute atomic E-state index is 0.304. The number of nitrogens with zero attached hydrogens (tertiary/aromatic N) is 1. The summed E-state index contributed by atoms with van der Waals surface area (Å²) in [7, 11) is 1.76. The molecule has 3 N–H and O–H groups in total. The topological polar surface area (TPSA) is 68.0 Å². The lowest BCUT2D eigenvalue weighted by Crippen LogP contribution is -2.42. The van der Waals surface area contributed by atoms with Gasteiger partial charge < -0.3 is 25.2 Å². The van der Waals surface area contributed by atoms with E-state index in [9.17, 15) is 5.11 Å². The summed E-state index contributed by atoms with van der Waals surface area (Å²) < 4.78 is 11.0. The maximum Gasteiger partial charge on any atom is 0.119 e. The smallest absolute Gasteiger partial charge is 0.119 e. The van der Waals surface area contributed by atoms with Crippen LogP contribution in [-0.4, -0.2) is 55.6 Å². The summed E-state index contributed by atoms with van der Waals surface area (Å²) in [6.45, 7) is 3.38. The third kappa shape index (κ3) is 5.28. The number of aliphatic hydroxyl groups is 1. The molecule has 2 rings (SSSR count). The summed E-state index contributed by atoms with van der Waals surface area (Å²) in [5.41, 5.74) is 6.63. The van der Waals surface area contributed by atoms with Gasteiger partial charge in [0.15, 0.2) is 0 Å². The van der Waals surface area contributed by atoms with Crippen molar-refractivity contribution in [1.82, 2.24) is 4.90 Å². The van der Waals surface area contributed by atoms with Gasteiger partial charge in [-0.3, -0.25) is 0 Å². The Hall–Kier alpha value is -1.14. The zero-order valence-corrected chi connectivity index (χ0v) is 12.7. The fourth-order valence-corrected chi connectivity index (χ4v) is 2.63. The molecule has 1 aliphatic heterocycles. The van der Waals surface area contributed by atoms with Gasteiger partial charge in [0.1, 0.15) is 18.5 Å². The van der Waals surface area contributed by atoms with E-state index in [1.54, 1.807) is 7.11 Å². The van der Waals surface area contributed by atoms with Gasteiger partial charge in [0, 0.05) is 33.3 Å². The van der Waals surface area contributed by atoms with Gasteiger partial charge in [-0.2, -0.15) is 0 Å². The fourth-order valence-electron chi connectivity index (χ4n) is 2.63. The van der Waals surface area contributed by atoms with Crippen molar-refractivity contribution in [1.29, 1.82) is 0 Å². The number of ether oxygens (including phenoxy) is 2. The van der Waals surface area contributed by atoms with E-state index < -0.39 is 6.10 Å². The first-order valence-electron chi connectivity index (χ1n) is 7.56. The first-order chi connectivity index (χ1) is 10.2. The van der Waals surface area contributed by atoms with Gasteiger partial charge in [-0.25, -0.2) is 0 Å². The molecule has 1 unspecified atom stereocenters. The maximum absolute atomic E-state index is 10.1. The van der Waals surface area contributed by atoms with Crippen LogP contribution in [0.1, 0.15) is 18.4 Å². The minimum atomic E-state index is -0.481. The second-order valence-corrected chi connectivity index (χ2v) is 5.55. The van der Waals surface area contributed by atoms with Gasteiger partial charge in [0.25, 0.3) is 0 Å². The predicted molar refractivity (Wildman–Crippen MR) is 82.3 cm³/mol. The lowest BCUT2D eigenvalue weighted by Gasteiger charge is -2.32. The monoisotopic (exact) mass is 294 g/mol. The number of likely N-dealkylation sites (tertiary alicyclic amines) is 1. The van der Waals surface area contributed by atoms with Crippen LogP contribution in [0.15, 0.2) is 24.3 Å². The molecule has 1 aliphatic rings. The van der Waals surface area contributed by atoms with E-state index in [1.807, 2.05) is 24.3 Å². The molecular formula is C16H26N2O3. The van der Waals surface area contributed by atoms with Crippen molar-refractivity contribution >= 4 is 0 Å². The molecule has 0 aliphatic carbocycles. The quantitative estimate of drug-likeness (QED) is 0.785. The second kappa shape index (κ2) is 8.34. The number of hydrogen-bond acceptors (Lipinski definition) is 5. The molecule has 1 heterocycles. The zero-order valence-electron chi connectivity index (χ0n) is 12.7. The van der Waals surface area contributed by atoms with Crippen molar-refractivity contribution in [3.05, 3.63) is 29.8 Å². The molecule has 0 radical (unpaired) electrons. The highest BCUT2D eigenvalue weighted by Crippen LogP contribution is 2.15. The Kier molecular flexibility index (Phi) is 6.45. The lowest BCUT2D eigenvalue weighted by molar-refractivity contribution is 0.0153. The van der Waals surface area contributed by atoms with Gasteiger partial charge >= 0.3 is 0 Å². The average molecular weight is 294 g/mol. The summed E-state index contributed by atoms with van der Waals surface area (Å²) in [6.07, 6.45) is 1.95. The third-order valence-corrected chi connectivity index (χ3v) is 3.91. The SMILES string of the molecule is COC1CCN(CC(O)COc2cccc(CN)c2)CC1. The molecule has 21 heavy (non-hydrogen) atoms. The number of β-amino-alcohol motifs (C(OH)–C–C–N with tert-alkyl or cyclic N) is 1. The number of methoxy groups -OCH3 is 1. The molecule has 5 heteroatoms. The molecule has 0 spiro atoms. The van der Waals surface area contributed by atoms with Gasteiger partial charge in [0.2, 0.25) is 0 Å². The molecule has 0 aromatic heterocycles. The van der Waals surface area contributed by atoms with Crippen molar-refractivity contribution in [2.24, 2.45) is 5.73 Å². The van der Waals surface area contributed by atoms with E-state index in [0.717, 1.165) is 37.2 Å². The van der Waals surface area contributed by atoms with Crippen LogP contribution in [0.2, 0.25) is 0 Å². The highest BCUT2D eigenvalue weighted by molar-refractivity contribution is 5.28. The normalized spacial score (nSPS) is 18.6. The molecule has 0 bridgehead atoms. The molecule has 1 aromatic carbocycles. The van der Waals surface area contributed by atoms with Crippen LogP contribution in [0, 0.1) is 0 Å². The summed E-state index contributed by atoms with van der Waals surface area (Å²) in [4.78, 5) is 2.26. The number of rotatable bonds is 7. The summed E-state index contributed by atoms with van der Waals surface area (Å²) in [5.74, 6) is 0.759. The Morgan fingerprint density at radius 2 is 2.14 bits per heavy atom. The molecule has 0 saturated carbocycles. The summed E-state index contributed by atoms with van der Waals surface area (Å²) >= 11 is 0. The number of nitrogens with two attached hydrogens (primary N) is 1. The third-order valence-electron chi connectivity index (χ3n) is 3.91. The Morgan fingerprint density at radius 1 is 1.38 bits per heavy atom. The molecule has 5 nitrogen and oxygen atoms in total. The maximum atomic E-state index is 10.1. The van der Waals surface area contributed by atoms with Crippen LogP contribution in [0.25, 0.3) is 0 Å². The van der Waals surface area contributed by atoms with Crippen LogP contribution in [0.3, 0.4) is 0 Å². The molecule has 0 amide bonds. The Morgan fingerprint density at radius 3 is 2.81 bits per heavy atom. The average Bonchev–Trinajstić information content (AvgIpc) is 2.54. The van der Waals surface area contributed by atoms with E-state index in [0.29, 0.717) is 25.8 Å². The molecule has 1 fully saturated rings. The summed E-state index contributed by atoms with van der Waals surface area (Å²) in [5, 5.41) is 10.1. The minimum Gasteiger partial charge on any atom is -0.491 e. The number of benzene rings is 1. The van der Waals surface area contributed by atoms with Crippen molar-refractivity contribution in [2.45, 2.75) is 31.6 Å². The molecule has 118 valence electrons. The van der Waals surface area contributed by atoms with Crippen LogP contribution in [-0.2, 0) is 11.3 Å². The van der Waals surface area contributed by atoms with Crippen molar-refractivity contribution < 1.29 is 14.6 Å². The van der Waals surface area contributed by atoms with E-state index in [-0.39, 0.29) is 0 Å². The van der Waals surface area contributed by atoms with Gasteiger partial charge in [-0.05, 0) is 30.5 Å². The Bertz CT molecular complexity index is 420. The Labute approximate surface area is 126 Å². The molecule has 1 aromatic rings. The van der Waals surface area contributed by atoms with Gasteiger partial charge in [-0.15, -0.1) is 0 Å². The number of aliphatic hydroxyl groups excluding tert-OH is 1. The predicted octanol–water partition coefficient (Wildman–Crippen LogP) is 0.996. The van der Waals surface area contributed by atoms with E-state index in [1.165, 1.54) is 0 Å². The molecule has 1 saturated heterocycles. The van der Waals surface area contributed by atoms with Crippen LogP contribution in [0.5, 0.6) is 5.75 Å². The highest BCUT2D eigenvalue weighted by Gasteiger charge is 2.20. The number of piperidine rings is 1.